The van der Waals surface area contributed by atoms with Crippen LogP contribution in [0.2, 0.25) is 0 Å². The van der Waals surface area contributed by atoms with Crippen LogP contribution in [0.4, 0.5) is 0 Å². The van der Waals surface area contributed by atoms with Crippen molar-refractivity contribution in [2.45, 2.75) is 31.3 Å². The minimum Gasteiger partial charge on any atom is -0.312 e. The molecule has 3 atom stereocenters. The smallest absolute Gasteiger partial charge is 0.312 e. The Morgan fingerprint density at radius 2 is 1.85 bits per heavy atom. The molecule has 0 aromatic rings. The first kappa shape index (κ1) is 9.70. The molecule has 0 saturated heterocycles. The lowest BCUT2D eigenvalue weighted by Crippen LogP contribution is -2.18. The molecule has 2 fully saturated rings. The van der Waals surface area contributed by atoms with E-state index in [2.05, 4.69) is 0 Å². The van der Waals surface area contributed by atoms with Gasteiger partial charge in [0, 0.05) is 14.2 Å². The summed E-state index contributed by atoms with van der Waals surface area (Å²) >= 11 is 0. The first-order valence-corrected chi connectivity index (χ1v) is 6.52. The van der Waals surface area contributed by atoms with Gasteiger partial charge in [-0.05, 0) is 31.1 Å². The molecule has 4 heteroatoms. The largest absolute Gasteiger partial charge is 0.333 e. The van der Waals surface area contributed by atoms with Gasteiger partial charge in [-0.2, -0.15) is 0 Å². The van der Waals surface area contributed by atoms with Gasteiger partial charge >= 0.3 is 7.60 Å². The Bertz CT molecular complexity index is 233. The number of hydrogen-bond donors (Lipinski definition) is 0. The summed E-state index contributed by atoms with van der Waals surface area (Å²) in [6.07, 6.45) is 4.81. The Hall–Kier alpha value is 0.150. The van der Waals surface area contributed by atoms with Crippen LogP contribution in [0.5, 0.6) is 0 Å². The van der Waals surface area contributed by atoms with E-state index in [1.165, 1.54) is 33.5 Å². The molecular formula is C9H17O3P. The molecule has 0 amide bonds. The Morgan fingerprint density at radius 1 is 1.15 bits per heavy atom. The summed E-state index contributed by atoms with van der Waals surface area (Å²) in [6.45, 7) is 0. The molecule has 2 saturated carbocycles. The summed E-state index contributed by atoms with van der Waals surface area (Å²) in [5.74, 6) is 1.38. The predicted octanol–water partition coefficient (Wildman–Crippen LogP) is 2.66. The summed E-state index contributed by atoms with van der Waals surface area (Å²) in [4.78, 5) is 0. The molecule has 0 spiro atoms. The van der Waals surface area contributed by atoms with E-state index >= 15 is 0 Å². The number of hydrogen-bond acceptors (Lipinski definition) is 3. The molecule has 0 aromatic heterocycles. The molecule has 13 heavy (non-hydrogen) atoms. The molecule has 0 N–H and O–H groups in total. The van der Waals surface area contributed by atoms with E-state index in [1.807, 2.05) is 0 Å². The molecule has 76 valence electrons. The second kappa shape index (κ2) is 3.38. The van der Waals surface area contributed by atoms with Crippen molar-refractivity contribution in [1.82, 2.24) is 0 Å². The molecule has 0 aliphatic heterocycles. The fourth-order valence-corrected chi connectivity index (χ4v) is 4.98. The molecular weight excluding hydrogens is 187 g/mol. The Labute approximate surface area is 79.3 Å². The van der Waals surface area contributed by atoms with Gasteiger partial charge in [-0.3, -0.25) is 4.57 Å². The van der Waals surface area contributed by atoms with Gasteiger partial charge in [0.25, 0.3) is 0 Å². The average molecular weight is 204 g/mol. The third kappa shape index (κ3) is 1.47. The molecule has 2 aliphatic rings. The quantitative estimate of drug-likeness (QED) is 0.663. The summed E-state index contributed by atoms with van der Waals surface area (Å²) in [5, 5.41) is 0. The fraction of sp³-hybridized carbons (Fsp3) is 1.00. The van der Waals surface area contributed by atoms with E-state index in [1.54, 1.807) is 0 Å². The number of rotatable bonds is 3. The Balaban J connectivity index is 2.13. The molecule has 0 unspecified atom stereocenters. The van der Waals surface area contributed by atoms with Crippen molar-refractivity contribution in [2.24, 2.45) is 11.8 Å². The summed E-state index contributed by atoms with van der Waals surface area (Å²) in [7, 11) is 0.222. The van der Waals surface area contributed by atoms with Gasteiger partial charge in [0.05, 0.1) is 5.66 Å². The highest BCUT2D eigenvalue weighted by Gasteiger charge is 2.49. The third-order valence-electron chi connectivity index (χ3n) is 3.62. The SMILES string of the molecule is COP(=O)(OC)[C@H]1C[C@@H]2CC[C@@H]1C2. The van der Waals surface area contributed by atoms with Gasteiger partial charge in [-0.1, -0.05) is 6.42 Å². The maximum atomic E-state index is 12.1. The Kier molecular flexibility index (Phi) is 2.52. The maximum Gasteiger partial charge on any atom is 0.333 e. The first-order chi connectivity index (χ1) is 6.19. The van der Waals surface area contributed by atoms with Crippen molar-refractivity contribution in [3.05, 3.63) is 0 Å². The van der Waals surface area contributed by atoms with Crippen LogP contribution < -0.4 is 0 Å². The van der Waals surface area contributed by atoms with Gasteiger partial charge in [0.15, 0.2) is 0 Å². The van der Waals surface area contributed by atoms with Crippen molar-refractivity contribution < 1.29 is 13.6 Å². The van der Waals surface area contributed by atoms with Crippen molar-refractivity contribution in [3.63, 3.8) is 0 Å². The summed E-state index contributed by atoms with van der Waals surface area (Å²) in [5.41, 5.74) is 0.182. The molecule has 0 heterocycles. The predicted molar refractivity (Wildman–Crippen MR) is 50.9 cm³/mol. The number of fused-ring (bicyclic) bond motifs is 2. The van der Waals surface area contributed by atoms with Crippen LogP contribution in [-0.4, -0.2) is 19.9 Å². The fourth-order valence-electron chi connectivity index (χ4n) is 2.94. The lowest BCUT2D eigenvalue weighted by Gasteiger charge is -2.27. The molecule has 0 aromatic carbocycles. The topological polar surface area (TPSA) is 35.5 Å². The van der Waals surface area contributed by atoms with E-state index in [9.17, 15) is 4.57 Å². The Morgan fingerprint density at radius 3 is 2.23 bits per heavy atom. The van der Waals surface area contributed by atoms with Crippen LogP contribution in [0.15, 0.2) is 0 Å². The van der Waals surface area contributed by atoms with Gasteiger partial charge in [-0.15, -0.1) is 0 Å². The second-order valence-corrected chi connectivity index (χ2v) is 6.62. The summed E-state index contributed by atoms with van der Waals surface area (Å²) in [6, 6.07) is 0. The van der Waals surface area contributed by atoms with Gasteiger partial charge in [-0.25, -0.2) is 0 Å². The van der Waals surface area contributed by atoms with Crippen LogP contribution in [0.3, 0.4) is 0 Å². The molecule has 0 radical (unpaired) electrons. The van der Waals surface area contributed by atoms with E-state index in [0.29, 0.717) is 5.92 Å². The zero-order chi connectivity index (χ0) is 9.47. The van der Waals surface area contributed by atoms with E-state index in [4.69, 9.17) is 9.05 Å². The molecule has 2 rings (SSSR count). The second-order valence-electron chi connectivity index (χ2n) is 4.15. The van der Waals surface area contributed by atoms with Gasteiger partial charge in [0.2, 0.25) is 0 Å². The van der Waals surface area contributed by atoms with Crippen LogP contribution in [-0.2, 0) is 13.6 Å². The maximum absolute atomic E-state index is 12.1. The van der Waals surface area contributed by atoms with Crippen LogP contribution in [0.25, 0.3) is 0 Å². The molecule has 2 aliphatic carbocycles. The van der Waals surface area contributed by atoms with Crippen molar-refractivity contribution in [1.29, 1.82) is 0 Å². The lowest BCUT2D eigenvalue weighted by atomic mass is 10.0. The zero-order valence-corrected chi connectivity index (χ0v) is 9.13. The monoisotopic (exact) mass is 204 g/mol. The third-order valence-corrected chi connectivity index (χ3v) is 6.08. The van der Waals surface area contributed by atoms with Gasteiger partial charge in [0.1, 0.15) is 0 Å². The van der Waals surface area contributed by atoms with E-state index < -0.39 is 7.60 Å². The molecule has 3 nitrogen and oxygen atoms in total. The van der Waals surface area contributed by atoms with Crippen LogP contribution in [0, 0.1) is 11.8 Å². The van der Waals surface area contributed by atoms with E-state index in [0.717, 1.165) is 12.3 Å². The minimum atomic E-state index is -2.77. The highest BCUT2D eigenvalue weighted by molar-refractivity contribution is 7.54. The first-order valence-electron chi connectivity index (χ1n) is 4.91. The minimum absolute atomic E-state index is 0.182. The normalized spacial score (nSPS) is 38.5. The van der Waals surface area contributed by atoms with Crippen LogP contribution >= 0.6 is 7.60 Å². The van der Waals surface area contributed by atoms with Crippen LogP contribution in [0.1, 0.15) is 25.7 Å². The lowest BCUT2D eigenvalue weighted by molar-refractivity contribution is 0.252. The van der Waals surface area contributed by atoms with Gasteiger partial charge < -0.3 is 9.05 Å². The average Bonchev–Trinajstić information content (AvgIpc) is 2.77. The molecule has 2 bridgehead atoms. The van der Waals surface area contributed by atoms with Crippen molar-refractivity contribution in [3.8, 4) is 0 Å². The van der Waals surface area contributed by atoms with Crippen molar-refractivity contribution >= 4 is 7.60 Å². The van der Waals surface area contributed by atoms with E-state index in [-0.39, 0.29) is 5.66 Å². The highest BCUT2D eigenvalue weighted by atomic mass is 31.2. The summed E-state index contributed by atoms with van der Waals surface area (Å²) < 4.78 is 22.2. The zero-order valence-electron chi connectivity index (χ0n) is 8.23. The standard InChI is InChI=1S/C9H17O3P/c1-11-13(10,12-2)9-6-7-3-4-8(9)5-7/h7-9H,3-6H2,1-2H3/t7-,8-,9+/m1/s1. The van der Waals surface area contributed by atoms with Crippen molar-refractivity contribution in [2.75, 3.05) is 14.2 Å². The highest BCUT2D eigenvalue weighted by Crippen LogP contribution is 2.63.